The molecule has 1 fully saturated rings. The van der Waals surface area contributed by atoms with E-state index in [0.29, 0.717) is 5.57 Å². The highest BCUT2D eigenvalue weighted by Crippen LogP contribution is 2.34. The summed E-state index contributed by atoms with van der Waals surface area (Å²) in [6, 6.07) is 0. The van der Waals surface area contributed by atoms with Crippen molar-refractivity contribution in [2.24, 2.45) is 5.41 Å². The molecule has 1 saturated heterocycles. The second-order valence-corrected chi connectivity index (χ2v) is 4.07. The maximum absolute atomic E-state index is 11.9. The van der Waals surface area contributed by atoms with Crippen LogP contribution in [0.15, 0.2) is 12.2 Å². The molecule has 1 N–H and O–H groups in total. The van der Waals surface area contributed by atoms with E-state index in [4.69, 9.17) is 0 Å². The van der Waals surface area contributed by atoms with Gasteiger partial charge in [0.1, 0.15) is 0 Å². The molecule has 1 rings (SSSR count). The molecule has 0 saturated carbocycles. The van der Waals surface area contributed by atoms with Crippen molar-refractivity contribution in [3.05, 3.63) is 12.2 Å². The number of carbonyl (C=O) groups excluding carboxylic acids is 1. The standard InChI is InChI=1S/C11H19NO/c1-4-5-11(6-7-12-8-11)10(13)9(2)3/h12H,2,4-8H2,1,3H3. The molecule has 0 aromatic carbocycles. The van der Waals surface area contributed by atoms with Gasteiger partial charge in [-0.2, -0.15) is 0 Å². The molecule has 1 aliphatic rings. The summed E-state index contributed by atoms with van der Waals surface area (Å²) in [6.07, 6.45) is 3.04. The molecule has 2 nitrogen and oxygen atoms in total. The molecule has 1 aliphatic heterocycles. The summed E-state index contributed by atoms with van der Waals surface area (Å²) in [7, 11) is 0. The average molecular weight is 181 g/mol. The minimum absolute atomic E-state index is 0.124. The van der Waals surface area contributed by atoms with Gasteiger partial charge < -0.3 is 5.32 Å². The lowest BCUT2D eigenvalue weighted by Crippen LogP contribution is -2.33. The summed E-state index contributed by atoms with van der Waals surface area (Å²) < 4.78 is 0. The van der Waals surface area contributed by atoms with E-state index in [1.807, 2.05) is 6.92 Å². The molecule has 74 valence electrons. The van der Waals surface area contributed by atoms with Crippen LogP contribution in [0.4, 0.5) is 0 Å². The van der Waals surface area contributed by atoms with E-state index in [1.165, 1.54) is 0 Å². The number of rotatable bonds is 4. The lowest BCUT2D eigenvalue weighted by molar-refractivity contribution is -0.124. The molecule has 0 aliphatic carbocycles. The second kappa shape index (κ2) is 4.05. The lowest BCUT2D eigenvalue weighted by Gasteiger charge is -2.26. The normalized spacial score (nSPS) is 27.5. The minimum atomic E-state index is -0.124. The van der Waals surface area contributed by atoms with Gasteiger partial charge >= 0.3 is 0 Å². The molecule has 1 unspecified atom stereocenters. The zero-order valence-electron chi connectivity index (χ0n) is 8.65. The van der Waals surface area contributed by atoms with Gasteiger partial charge in [-0.15, -0.1) is 0 Å². The predicted octanol–water partition coefficient (Wildman–Crippen LogP) is 1.91. The van der Waals surface area contributed by atoms with Crippen LogP contribution < -0.4 is 5.32 Å². The fourth-order valence-corrected chi connectivity index (χ4v) is 2.20. The zero-order chi connectivity index (χ0) is 9.90. The molecule has 0 spiro atoms. The fourth-order valence-electron chi connectivity index (χ4n) is 2.20. The molecular formula is C11H19NO. The van der Waals surface area contributed by atoms with E-state index >= 15 is 0 Å². The fraction of sp³-hybridized carbons (Fsp3) is 0.727. The Morgan fingerprint density at radius 3 is 2.69 bits per heavy atom. The average Bonchev–Trinajstić information content (AvgIpc) is 2.53. The number of hydrogen-bond acceptors (Lipinski definition) is 2. The first-order chi connectivity index (χ1) is 6.12. The molecule has 2 heteroatoms. The highest BCUT2D eigenvalue weighted by atomic mass is 16.1. The van der Waals surface area contributed by atoms with Crippen LogP contribution in [0, 0.1) is 5.41 Å². The van der Waals surface area contributed by atoms with E-state index in [2.05, 4.69) is 18.8 Å². The highest BCUT2D eigenvalue weighted by Gasteiger charge is 2.39. The van der Waals surface area contributed by atoms with Gasteiger partial charge in [0, 0.05) is 12.0 Å². The van der Waals surface area contributed by atoms with Crippen LogP contribution in [0.1, 0.15) is 33.1 Å². The third kappa shape index (κ3) is 1.99. The van der Waals surface area contributed by atoms with E-state index in [-0.39, 0.29) is 11.2 Å². The molecule has 1 heterocycles. The molecule has 0 aromatic heterocycles. The summed E-state index contributed by atoms with van der Waals surface area (Å²) in [5.74, 6) is 0.263. The Labute approximate surface area is 80.4 Å². The largest absolute Gasteiger partial charge is 0.316 e. The zero-order valence-corrected chi connectivity index (χ0v) is 8.65. The molecule has 0 aromatic rings. The van der Waals surface area contributed by atoms with Gasteiger partial charge in [0.05, 0.1) is 0 Å². The van der Waals surface area contributed by atoms with Crippen molar-refractivity contribution in [3.63, 3.8) is 0 Å². The highest BCUT2D eigenvalue weighted by molar-refractivity contribution is 5.99. The first-order valence-electron chi connectivity index (χ1n) is 5.03. The maximum atomic E-state index is 11.9. The Bertz CT molecular complexity index is 214. The van der Waals surface area contributed by atoms with Crippen molar-refractivity contribution < 1.29 is 4.79 Å². The van der Waals surface area contributed by atoms with Crippen molar-refractivity contribution in [2.75, 3.05) is 13.1 Å². The van der Waals surface area contributed by atoms with Gasteiger partial charge in [-0.3, -0.25) is 4.79 Å². The van der Waals surface area contributed by atoms with Crippen LogP contribution >= 0.6 is 0 Å². The second-order valence-electron chi connectivity index (χ2n) is 4.07. The van der Waals surface area contributed by atoms with Gasteiger partial charge in [-0.25, -0.2) is 0 Å². The summed E-state index contributed by atoms with van der Waals surface area (Å²) >= 11 is 0. The Kier molecular flexibility index (Phi) is 3.26. The first-order valence-corrected chi connectivity index (χ1v) is 5.03. The summed E-state index contributed by atoms with van der Waals surface area (Å²) in [5.41, 5.74) is 0.581. The van der Waals surface area contributed by atoms with Crippen molar-refractivity contribution in [1.29, 1.82) is 0 Å². The van der Waals surface area contributed by atoms with Gasteiger partial charge in [0.2, 0.25) is 0 Å². The van der Waals surface area contributed by atoms with Gasteiger partial charge in [0.25, 0.3) is 0 Å². The molecule has 0 bridgehead atoms. The quantitative estimate of drug-likeness (QED) is 0.671. The first kappa shape index (κ1) is 10.5. The Morgan fingerprint density at radius 1 is 1.62 bits per heavy atom. The number of carbonyl (C=O) groups is 1. The molecular weight excluding hydrogens is 162 g/mol. The van der Waals surface area contributed by atoms with Crippen molar-refractivity contribution >= 4 is 5.78 Å². The predicted molar refractivity (Wildman–Crippen MR) is 54.6 cm³/mol. The SMILES string of the molecule is C=C(C)C(=O)C1(CCC)CCNC1. The van der Waals surface area contributed by atoms with Crippen molar-refractivity contribution in [2.45, 2.75) is 33.1 Å². The van der Waals surface area contributed by atoms with Gasteiger partial charge in [0.15, 0.2) is 5.78 Å². The van der Waals surface area contributed by atoms with Crippen LogP contribution in [0.2, 0.25) is 0 Å². The van der Waals surface area contributed by atoms with Crippen molar-refractivity contribution in [3.8, 4) is 0 Å². The molecule has 0 amide bonds. The summed E-state index contributed by atoms with van der Waals surface area (Å²) in [4.78, 5) is 11.9. The van der Waals surface area contributed by atoms with E-state index in [1.54, 1.807) is 0 Å². The van der Waals surface area contributed by atoms with Gasteiger partial charge in [-0.05, 0) is 31.9 Å². The summed E-state index contributed by atoms with van der Waals surface area (Å²) in [6.45, 7) is 9.51. The maximum Gasteiger partial charge on any atom is 0.165 e. The number of nitrogens with one attached hydrogen (secondary N) is 1. The Morgan fingerprint density at radius 2 is 2.31 bits per heavy atom. The molecule has 13 heavy (non-hydrogen) atoms. The Hall–Kier alpha value is -0.630. The topological polar surface area (TPSA) is 29.1 Å². The molecule has 0 radical (unpaired) electrons. The number of ketones is 1. The van der Waals surface area contributed by atoms with Crippen LogP contribution in [0.5, 0.6) is 0 Å². The smallest absolute Gasteiger partial charge is 0.165 e. The molecule has 1 atom stereocenters. The number of allylic oxidation sites excluding steroid dienone is 1. The number of Topliss-reactive ketones (excluding diaryl/α,β-unsaturated/α-hetero) is 1. The Balaban J connectivity index is 2.77. The third-order valence-electron chi connectivity index (χ3n) is 2.84. The van der Waals surface area contributed by atoms with Crippen LogP contribution in [-0.2, 0) is 4.79 Å². The van der Waals surface area contributed by atoms with E-state index < -0.39 is 0 Å². The monoisotopic (exact) mass is 181 g/mol. The summed E-state index contributed by atoms with van der Waals surface area (Å²) in [5, 5.41) is 3.27. The van der Waals surface area contributed by atoms with Crippen LogP contribution in [-0.4, -0.2) is 18.9 Å². The number of hydrogen-bond donors (Lipinski definition) is 1. The van der Waals surface area contributed by atoms with Crippen LogP contribution in [0.25, 0.3) is 0 Å². The van der Waals surface area contributed by atoms with E-state index in [9.17, 15) is 4.79 Å². The minimum Gasteiger partial charge on any atom is -0.316 e. The van der Waals surface area contributed by atoms with Crippen LogP contribution in [0.3, 0.4) is 0 Å². The lowest BCUT2D eigenvalue weighted by atomic mass is 9.76. The third-order valence-corrected chi connectivity index (χ3v) is 2.84. The van der Waals surface area contributed by atoms with Crippen molar-refractivity contribution in [1.82, 2.24) is 5.32 Å². The van der Waals surface area contributed by atoms with E-state index in [0.717, 1.165) is 32.4 Å². The van der Waals surface area contributed by atoms with Gasteiger partial charge in [-0.1, -0.05) is 19.9 Å².